The van der Waals surface area contributed by atoms with Gasteiger partial charge in [-0.1, -0.05) is 86.7 Å². The predicted octanol–water partition coefficient (Wildman–Crippen LogP) is 7.82. The maximum atomic E-state index is 14.1. The molecule has 1 N–H and O–H groups in total. The smallest absolute Gasteiger partial charge is 0.308 e. The van der Waals surface area contributed by atoms with Gasteiger partial charge in [-0.15, -0.1) is 11.8 Å². The van der Waals surface area contributed by atoms with Crippen molar-refractivity contribution >= 4 is 63.0 Å². The van der Waals surface area contributed by atoms with Crippen LogP contribution in [-0.4, -0.2) is 27.5 Å². The number of thioether (sulfide) groups is 1. The number of nitrogens with one attached hydrogen (secondary N) is 1. The molecule has 4 aliphatic rings. The van der Waals surface area contributed by atoms with Crippen LogP contribution in [0.4, 0.5) is 15.8 Å². The topological polar surface area (TPSA) is 88.5 Å². The Morgan fingerprint density at radius 2 is 1.55 bits per heavy atom. The molecule has 3 amide bonds. The van der Waals surface area contributed by atoms with Crippen LogP contribution in [0.1, 0.15) is 49.1 Å². The molecule has 0 radical (unpaired) electrons. The second-order valence-corrected chi connectivity index (χ2v) is 17.5. The second kappa shape index (κ2) is 11.7. The van der Waals surface area contributed by atoms with Crippen LogP contribution in [0.25, 0.3) is 10.8 Å². The van der Waals surface area contributed by atoms with Crippen molar-refractivity contribution in [1.29, 1.82) is 0 Å². The van der Waals surface area contributed by atoms with Crippen molar-refractivity contribution in [3.8, 4) is 0 Å². The van der Waals surface area contributed by atoms with Crippen LogP contribution in [0.2, 0.25) is 0 Å². The van der Waals surface area contributed by atoms with E-state index in [1.165, 1.54) is 46.1 Å². The highest BCUT2D eigenvalue weighted by Crippen LogP contribution is 2.69. The van der Waals surface area contributed by atoms with Crippen molar-refractivity contribution in [2.45, 2.75) is 55.3 Å². The number of hydrogen-bond acceptors (Lipinski definition) is 6. The molecule has 9 rings (SSSR count). The van der Waals surface area contributed by atoms with Crippen molar-refractivity contribution in [2.24, 2.45) is 29.6 Å². The molecule has 10 heteroatoms. The van der Waals surface area contributed by atoms with Crippen LogP contribution < -0.4 is 15.1 Å². The number of halogens is 1. The van der Waals surface area contributed by atoms with Gasteiger partial charge in [0.25, 0.3) is 0 Å². The van der Waals surface area contributed by atoms with Gasteiger partial charge in [-0.2, -0.15) is 0 Å². The minimum Gasteiger partial charge on any atom is -0.325 e. The normalized spacial score (nSPS) is 26.4. The average molecular weight is 718 g/mol. The van der Waals surface area contributed by atoms with E-state index in [-0.39, 0.29) is 63.5 Å². The molecule has 2 aliphatic carbocycles. The molecule has 258 valence electrons. The predicted molar refractivity (Wildman–Crippen MR) is 199 cm³/mol. The van der Waals surface area contributed by atoms with Gasteiger partial charge in [-0.3, -0.25) is 28.6 Å². The van der Waals surface area contributed by atoms with E-state index in [4.69, 9.17) is 0 Å². The summed E-state index contributed by atoms with van der Waals surface area (Å²) >= 11 is 2.80. The lowest BCUT2D eigenvalue weighted by molar-refractivity contribution is -0.123. The number of carbonyl (C=O) groups is 3. The Balaban J connectivity index is 1.09. The van der Waals surface area contributed by atoms with Gasteiger partial charge in [0.2, 0.25) is 17.7 Å². The van der Waals surface area contributed by atoms with Crippen LogP contribution in [0.5, 0.6) is 0 Å². The van der Waals surface area contributed by atoms with Gasteiger partial charge in [-0.25, -0.2) is 4.39 Å². The van der Waals surface area contributed by atoms with Gasteiger partial charge in [0.15, 0.2) is 0 Å². The lowest BCUT2D eigenvalue weighted by Crippen LogP contribution is -2.43. The van der Waals surface area contributed by atoms with E-state index in [1.54, 1.807) is 16.3 Å². The Labute approximate surface area is 302 Å². The fraction of sp³-hybridized carbons (Fsp3) is 0.317. The van der Waals surface area contributed by atoms with Crippen molar-refractivity contribution in [3.63, 3.8) is 0 Å². The summed E-state index contributed by atoms with van der Waals surface area (Å²) in [5.41, 5.74) is 3.29. The summed E-state index contributed by atoms with van der Waals surface area (Å²) in [5, 5.41) is 5.83. The highest BCUT2D eigenvalue weighted by Gasteiger charge is 2.69. The lowest BCUT2D eigenvalue weighted by atomic mass is 9.68. The molecule has 2 saturated carbocycles. The number of hydrogen-bond donors (Lipinski definition) is 1. The first-order valence-electron chi connectivity index (χ1n) is 17.4. The molecule has 4 aromatic carbocycles. The Morgan fingerprint density at radius 3 is 2.25 bits per heavy atom. The Hall–Kier alpha value is -4.54. The number of nitrogens with zero attached hydrogens (tertiary/aromatic N) is 2. The van der Waals surface area contributed by atoms with Crippen LogP contribution in [0.15, 0.2) is 101 Å². The van der Waals surface area contributed by atoms with E-state index in [2.05, 4.69) is 50.4 Å². The van der Waals surface area contributed by atoms with E-state index >= 15 is 0 Å². The van der Waals surface area contributed by atoms with Gasteiger partial charge in [0, 0.05) is 21.7 Å². The molecule has 2 aliphatic heterocycles. The first-order chi connectivity index (χ1) is 24.5. The number of anilines is 2. The van der Waals surface area contributed by atoms with E-state index in [1.807, 2.05) is 42.5 Å². The average Bonchev–Trinajstić information content (AvgIpc) is 3.83. The van der Waals surface area contributed by atoms with E-state index in [0.717, 1.165) is 32.7 Å². The summed E-state index contributed by atoms with van der Waals surface area (Å²) < 4.78 is 15.4. The van der Waals surface area contributed by atoms with Crippen molar-refractivity contribution in [2.75, 3.05) is 10.2 Å². The summed E-state index contributed by atoms with van der Waals surface area (Å²) in [5.74, 6) is -2.35. The third-order valence-corrected chi connectivity index (χ3v) is 14.3. The van der Waals surface area contributed by atoms with E-state index < -0.39 is 17.7 Å². The van der Waals surface area contributed by atoms with Crippen molar-refractivity contribution in [3.05, 3.63) is 122 Å². The molecule has 1 aromatic heterocycles. The fourth-order valence-electron chi connectivity index (χ4n) is 9.27. The van der Waals surface area contributed by atoms with E-state index in [9.17, 15) is 23.6 Å². The van der Waals surface area contributed by atoms with Crippen molar-refractivity contribution < 1.29 is 18.8 Å². The monoisotopic (exact) mass is 717 g/mol. The minimum absolute atomic E-state index is 0.0234. The molecule has 51 heavy (non-hydrogen) atoms. The quantitative estimate of drug-likeness (QED) is 0.188. The van der Waals surface area contributed by atoms with Gasteiger partial charge in [0.1, 0.15) is 12.4 Å². The molecule has 7 atom stereocenters. The summed E-state index contributed by atoms with van der Waals surface area (Å²) in [6.45, 7) is 6.39. The first-order valence-corrected chi connectivity index (χ1v) is 19.1. The number of thiazole rings is 1. The maximum absolute atomic E-state index is 14.1. The Bertz CT molecular complexity index is 2310. The zero-order valence-electron chi connectivity index (χ0n) is 28.3. The highest BCUT2D eigenvalue weighted by molar-refractivity contribution is 8.00. The molecule has 0 spiro atoms. The molecular formula is C41H36FN3O4S2. The van der Waals surface area contributed by atoms with Crippen LogP contribution in [0.3, 0.4) is 0 Å². The second-order valence-electron chi connectivity index (χ2n) is 15.3. The molecule has 7 nitrogen and oxygen atoms in total. The Kier molecular flexibility index (Phi) is 7.46. The SMILES string of the molecule is CC(C)(C)c1ccc(C2c3sc(=O)n(CC(=O)Nc4ccc5ccccc5c4)c3SC3C4CC(C5C(=O)N(c6ccc(F)cc6)C(=O)C45)C23)cc1. The first kappa shape index (κ1) is 32.4. The van der Waals surface area contributed by atoms with Crippen LogP contribution in [-0.2, 0) is 26.3 Å². The molecule has 3 fully saturated rings. The fourth-order valence-corrected chi connectivity index (χ4v) is 12.4. The zero-order valence-corrected chi connectivity index (χ0v) is 30.0. The number of benzene rings is 4. The van der Waals surface area contributed by atoms with Gasteiger partial charge < -0.3 is 5.32 Å². The number of imide groups is 1. The van der Waals surface area contributed by atoms with Gasteiger partial charge in [-0.05, 0) is 87.9 Å². The molecule has 7 unspecified atom stereocenters. The van der Waals surface area contributed by atoms with Crippen LogP contribution >= 0.6 is 23.1 Å². The summed E-state index contributed by atoms with van der Waals surface area (Å²) in [7, 11) is 0. The summed E-state index contributed by atoms with van der Waals surface area (Å²) in [6.07, 6.45) is 0.755. The van der Waals surface area contributed by atoms with Crippen molar-refractivity contribution in [1.82, 2.24) is 4.57 Å². The molecule has 3 heterocycles. The summed E-state index contributed by atoms with van der Waals surface area (Å²) in [6, 6.07) is 27.8. The van der Waals surface area contributed by atoms with Gasteiger partial charge in [0.05, 0.1) is 22.5 Å². The number of amides is 3. The molecule has 1 saturated heterocycles. The third kappa shape index (κ3) is 5.12. The lowest BCUT2D eigenvalue weighted by Gasteiger charge is -2.43. The van der Waals surface area contributed by atoms with E-state index in [0.29, 0.717) is 11.4 Å². The number of aromatic nitrogens is 1. The Morgan fingerprint density at radius 1 is 0.863 bits per heavy atom. The molecular weight excluding hydrogens is 682 g/mol. The minimum atomic E-state index is -0.471. The zero-order chi connectivity index (χ0) is 35.3. The standard InChI is InChI=1S/C41H36FN3O4S2/c1-41(2,3)24-11-8-22(9-12-24)31-32-28-19-29(34-33(28)37(47)45(38(34)48)27-16-13-25(42)14-17-27)35(32)50-39-36(31)51-40(49)44(39)20-30(46)43-26-15-10-21-6-4-5-7-23(21)18-26/h4-18,28-29,31-35H,19-20H2,1-3H3,(H,43,46). The number of carbonyl (C=O) groups excluding carboxylic acids is 3. The van der Waals surface area contributed by atoms with Gasteiger partial charge >= 0.3 is 4.87 Å². The highest BCUT2D eigenvalue weighted by atomic mass is 32.2. The number of fused-ring (bicyclic) bond motifs is 10. The number of rotatable bonds is 5. The summed E-state index contributed by atoms with van der Waals surface area (Å²) in [4.78, 5) is 57.5. The molecule has 2 bridgehead atoms. The third-order valence-electron chi connectivity index (χ3n) is 11.5. The van der Waals surface area contributed by atoms with Crippen LogP contribution in [0, 0.1) is 35.4 Å². The molecule has 5 aromatic rings. The largest absolute Gasteiger partial charge is 0.325 e. The maximum Gasteiger partial charge on any atom is 0.308 e.